The van der Waals surface area contributed by atoms with E-state index >= 15 is 0 Å². The molecule has 188 valence electrons. The Balaban J connectivity index is 1.45. The number of benzene rings is 2. The molecule has 2 fully saturated rings. The summed E-state index contributed by atoms with van der Waals surface area (Å²) in [7, 11) is 0. The maximum Gasteiger partial charge on any atom is 0.293 e. The van der Waals surface area contributed by atoms with Crippen molar-refractivity contribution in [2.24, 2.45) is 0 Å². The number of Topliss-reactive ketones (excluding diaryl/α,β-unsaturated/α-hetero) is 1. The van der Waals surface area contributed by atoms with Crippen molar-refractivity contribution in [2.75, 3.05) is 32.8 Å². The molecule has 2 aromatic rings. The van der Waals surface area contributed by atoms with Crippen LogP contribution in [0, 0.1) is 0 Å². The first-order valence-electron chi connectivity index (χ1n) is 11.6. The molecule has 2 aliphatic heterocycles. The number of amides is 3. The summed E-state index contributed by atoms with van der Waals surface area (Å²) in [5.41, 5.74) is 1.04. The standard InChI is InChI=1S/C26H25BrN2O6S/c1-2-34-22-13-17(5-10-21(22)35-16-24(31)28-11-3-4-12-28)14-23-25(32)29(26(33)36-23)15-20(30)18-6-8-19(27)9-7-18/h5-10,13-14H,2-4,11-12,15-16H2,1H3/b23-14-. The third-order valence-corrected chi connectivity index (χ3v) is 7.15. The number of hydrogen-bond donors (Lipinski definition) is 0. The van der Waals surface area contributed by atoms with Crippen molar-refractivity contribution in [3.63, 3.8) is 0 Å². The van der Waals surface area contributed by atoms with Crippen LogP contribution in [-0.4, -0.2) is 65.5 Å². The predicted octanol–water partition coefficient (Wildman–Crippen LogP) is 4.77. The number of rotatable bonds is 9. The van der Waals surface area contributed by atoms with Crippen LogP contribution in [-0.2, 0) is 9.59 Å². The van der Waals surface area contributed by atoms with Crippen LogP contribution in [0.5, 0.6) is 11.5 Å². The second-order valence-corrected chi connectivity index (χ2v) is 10.1. The summed E-state index contributed by atoms with van der Waals surface area (Å²) >= 11 is 4.10. The first-order valence-corrected chi connectivity index (χ1v) is 13.2. The molecule has 8 nitrogen and oxygen atoms in total. The van der Waals surface area contributed by atoms with Gasteiger partial charge in [-0.25, -0.2) is 0 Å². The molecule has 0 radical (unpaired) electrons. The number of ether oxygens (including phenoxy) is 2. The fourth-order valence-corrected chi connectivity index (χ4v) is 4.96. The van der Waals surface area contributed by atoms with E-state index in [1.807, 2.05) is 6.92 Å². The monoisotopic (exact) mass is 572 g/mol. The van der Waals surface area contributed by atoms with Crippen molar-refractivity contribution in [3.05, 3.63) is 63.0 Å². The number of ketones is 1. The second-order valence-electron chi connectivity index (χ2n) is 8.21. The highest BCUT2D eigenvalue weighted by Gasteiger charge is 2.36. The molecule has 0 aromatic heterocycles. The van der Waals surface area contributed by atoms with Gasteiger partial charge in [0.2, 0.25) is 0 Å². The molecule has 2 aliphatic rings. The van der Waals surface area contributed by atoms with Gasteiger partial charge in [0, 0.05) is 23.1 Å². The molecule has 2 saturated heterocycles. The minimum atomic E-state index is -0.523. The lowest BCUT2D eigenvalue weighted by molar-refractivity contribution is -0.132. The molecule has 36 heavy (non-hydrogen) atoms. The number of likely N-dealkylation sites (tertiary alicyclic amines) is 1. The quantitative estimate of drug-likeness (QED) is 0.315. The Morgan fingerprint density at radius 2 is 1.75 bits per heavy atom. The lowest BCUT2D eigenvalue weighted by Crippen LogP contribution is -2.33. The van der Waals surface area contributed by atoms with Gasteiger partial charge in [-0.3, -0.25) is 24.1 Å². The molecule has 0 saturated carbocycles. The fraction of sp³-hybridized carbons (Fsp3) is 0.308. The molecule has 0 spiro atoms. The summed E-state index contributed by atoms with van der Waals surface area (Å²) in [6.07, 6.45) is 3.60. The Morgan fingerprint density at radius 1 is 1.03 bits per heavy atom. The third-order valence-electron chi connectivity index (χ3n) is 5.72. The number of hydrogen-bond acceptors (Lipinski definition) is 7. The SMILES string of the molecule is CCOc1cc(/C=C2\SC(=O)N(CC(=O)c3ccc(Br)cc3)C2=O)ccc1OCC(=O)N1CCCC1. The number of nitrogens with zero attached hydrogens (tertiary/aromatic N) is 2. The zero-order valence-electron chi connectivity index (χ0n) is 19.7. The molecule has 0 unspecified atom stereocenters. The summed E-state index contributed by atoms with van der Waals surface area (Å²) < 4.78 is 12.2. The van der Waals surface area contributed by atoms with E-state index < -0.39 is 11.1 Å². The van der Waals surface area contributed by atoms with Gasteiger partial charge in [0.15, 0.2) is 23.9 Å². The Bertz CT molecular complexity index is 1210. The van der Waals surface area contributed by atoms with Crippen LogP contribution in [0.4, 0.5) is 4.79 Å². The topological polar surface area (TPSA) is 93.2 Å². The molecular weight excluding hydrogens is 548 g/mol. The van der Waals surface area contributed by atoms with E-state index in [4.69, 9.17) is 9.47 Å². The maximum atomic E-state index is 12.9. The van der Waals surface area contributed by atoms with Crippen molar-refractivity contribution in [3.8, 4) is 11.5 Å². The summed E-state index contributed by atoms with van der Waals surface area (Å²) in [5.74, 6) is -0.0511. The minimum absolute atomic E-state index is 0.0645. The van der Waals surface area contributed by atoms with E-state index in [-0.39, 0.29) is 29.7 Å². The molecule has 3 amide bonds. The van der Waals surface area contributed by atoms with Crippen LogP contribution in [0.25, 0.3) is 6.08 Å². The lowest BCUT2D eigenvalue weighted by Gasteiger charge is -2.17. The highest BCUT2D eigenvalue weighted by Crippen LogP contribution is 2.35. The Morgan fingerprint density at radius 3 is 2.44 bits per heavy atom. The average Bonchev–Trinajstić information content (AvgIpc) is 3.49. The number of carbonyl (C=O) groups is 4. The highest BCUT2D eigenvalue weighted by molar-refractivity contribution is 9.10. The van der Waals surface area contributed by atoms with Crippen LogP contribution < -0.4 is 9.47 Å². The maximum absolute atomic E-state index is 12.9. The Kier molecular flexibility index (Phi) is 8.48. The normalized spacial score (nSPS) is 16.7. The van der Waals surface area contributed by atoms with Crippen LogP contribution in [0.1, 0.15) is 35.7 Å². The number of halogens is 1. The van der Waals surface area contributed by atoms with E-state index in [1.165, 1.54) is 0 Å². The molecular formula is C26H25BrN2O6S. The highest BCUT2D eigenvalue weighted by atomic mass is 79.9. The zero-order valence-corrected chi connectivity index (χ0v) is 22.1. The van der Waals surface area contributed by atoms with Gasteiger partial charge in [0.1, 0.15) is 0 Å². The molecule has 2 heterocycles. The summed E-state index contributed by atoms with van der Waals surface area (Å²) in [4.78, 5) is 53.2. The van der Waals surface area contributed by atoms with Crippen molar-refractivity contribution < 1.29 is 28.7 Å². The molecule has 2 aromatic carbocycles. The average molecular weight is 573 g/mol. The third kappa shape index (κ3) is 6.17. The largest absolute Gasteiger partial charge is 0.490 e. The summed E-state index contributed by atoms with van der Waals surface area (Å²) in [6, 6.07) is 11.8. The van der Waals surface area contributed by atoms with Crippen molar-refractivity contribution >= 4 is 56.6 Å². The molecule has 4 rings (SSSR count). The van der Waals surface area contributed by atoms with E-state index in [0.29, 0.717) is 29.2 Å². The smallest absolute Gasteiger partial charge is 0.293 e. The lowest BCUT2D eigenvalue weighted by atomic mass is 10.1. The van der Waals surface area contributed by atoms with Crippen LogP contribution in [0.3, 0.4) is 0 Å². The first-order chi connectivity index (χ1) is 17.4. The van der Waals surface area contributed by atoms with Crippen LogP contribution in [0.15, 0.2) is 51.8 Å². The van der Waals surface area contributed by atoms with E-state index in [1.54, 1.807) is 53.4 Å². The molecule has 0 aliphatic carbocycles. The number of imide groups is 1. The van der Waals surface area contributed by atoms with E-state index in [9.17, 15) is 19.2 Å². The van der Waals surface area contributed by atoms with Gasteiger partial charge in [-0.2, -0.15) is 0 Å². The van der Waals surface area contributed by atoms with Crippen molar-refractivity contribution in [1.29, 1.82) is 0 Å². The van der Waals surface area contributed by atoms with Crippen LogP contribution >= 0.6 is 27.7 Å². The van der Waals surface area contributed by atoms with Gasteiger partial charge in [0.25, 0.3) is 17.1 Å². The zero-order chi connectivity index (χ0) is 25.7. The molecule has 0 atom stereocenters. The number of thioether (sulfide) groups is 1. The Labute approximate surface area is 221 Å². The van der Waals surface area contributed by atoms with Gasteiger partial charge in [0.05, 0.1) is 18.1 Å². The van der Waals surface area contributed by atoms with Gasteiger partial charge < -0.3 is 14.4 Å². The summed E-state index contributed by atoms with van der Waals surface area (Å²) in [5, 5.41) is -0.498. The molecule has 10 heteroatoms. The minimum Gasteiger partial charge on any atom is -0.490 e. The van der Waals surface area contributed by atoms with Gasteiger partial charge in [-0.15, -0.1) is 0 Å². The van der Waals surface area contributed by atoms with Gasteiger partial charge in [-0.05, 0) is 67.4 Å². The number of carbonyl (C=O) groups excluding carboxylic acids is 4. The first kappa shape index (κ1) is 26.0. The Hall–Kier alpha value is -3.11. The van der Waals surface area contributed by atoms with E-state index in [0.717, 1.165) is 47.1 Å². The second kappa shape index (κ2) is 11.7. The van der Waals surface area contributed by atoms with Gasteiger partial charge in [-0.1, -0.05) is 34.1 Å². The van der Waals surface area contributed by atoms with Gasteiger partial charge >= 0.3 is 0 Å². The van der Waals surface area contributed by atoms with Crippen LogP contribution in [0.2, 0.25) is 0 Å². The molecule has 0 N–H and O–H groups in total. The summed E-state index contributed by atoms with van der Waals surface area (Å²) in [6.45, 7) is 3.32. The predicted molar refractivity (Wildman–Crippen MR) is 140 cm³/mol. The van der Waals surface area contributed by atoms with Crippen molar-refractivity contribution in [2.45, 2.75) is 19.8 Å². The van der Waals surface area contributed by atoms with E-state index in [2.05, 4.69) is 15.9 Å². The molecule has 0 bridgehead atoms. The van der Waals surface area contributed by atoms with Crippen molar-refractivity contribution in [1.82, 2.24) is 9.80 Å². The fourth-order valence-electron chi connectivity index (χ4n) is 3.86.